The summed E-state index contributed by atoms with van der Waals surface area (Å²) in [5.41, 5.74) is -0.211. The molecule has 25 heavy (non-hydrogen) atoms. The molecule has 0 saturated carbocycles. The summed E-state index contributed by atoms with van der Waals surface area (Å²) in [5, 5.41) is 18.5. The van der Waals surface area contributed by atoms with Crippen molar-refractivity contribution in [3.05, 3.63) is 47.5 Å². The molecule has 1 aliphatic rings. The molecule has 130 valence electrons. The maximum absolute atomic E-state index is 12.6. The predicted molar refractivity (Wildman–Crippen MR) is 89.5 cm³/mol. The van der Waals surface area contributed by atoms with Crippen LogP contribution in [0, 0.1) is 0 Å². The Hall–Kier alpha value is -2.49. The molecule has 0 spiro atoms. The molecule has 0 radical (unpaired) electrons. The van der Waals surface area contributed by atoms with Gasteiger partial charge in [-0.05, 0) is 17.6 Å². The van der Waals surface area contributed by atoms with Crippen LogP contribution in [0.3, 0.4) is 0 Å². The smallest absolute Gasteiger partial charge is 0.423 e. The molecule has 1 aromatic carbocycles. The van der Waals surface area contributed by atoms with Crippen molar-refractivity contribution in [2.45, 2.75) is 5.60 Å². The lowest BCUT2D eigenvalue weighted by Gasteiger charge is -2.48. The molecule has 0 aliphatic carbocycles. The number of aryl methyl sites for hydroxylation is 1. The third kappa shape index (κ3) is 2.86. The predicted octanol–water partition coefficient (Wildman–Crippen LogP) is -1.09. The zero-order chi connectivity index (χ0) is 18.2. The Morgan fingerprint density at radius 3 is 2.64 bits per heavy atom. The highest BCUT2D eigenvalue weighted by Gasteiger charge is 2.49. The molecule has 8 nitrogen and oxygen atoms in total. The SMILES string of the molecule is COC1(c2nccn2C)CN(C(=O)c2ccc(B(O)O)c(C=O)c2)C1. The molecule has 2 heterocycles. The number of amides is 1. The standard InChI is InChI=1S/C16H18BN3O5/c1-19-6-5-18-15(19)16(25-2)9-20(10-16)14(22)11-3-4-13(17(23)24)12(7-11)8-21/h3-8,23-24H,9-10H2,1-2H3. The van der Waals surface area contributed by atoms with Crippen LogP contribution in [0.25, 0.3) is 0 Å². The van der Waals surface area contributed by atoms with E-state index in [0.29, 0.717) is 24.9 Å². The van der Waals surface area contributed by atoms with Crippen LogP contribution >= 0.6 is 0 Å². The van der Waals surface area contributed by atoms with Crippen molar-refractivity contribution in [1.29, 1.82) is 0 Å². The maximum atomic E-state index is 12.6. The highest BCUT2D eigenvalue weighted by atomic mass is 16.5. The van der Waals surface area contributed by atoms with Crippen LogP contribution in [-0.4, -0.2) is 64.0 Å². The van der Waals surface area contributed by atoms with Gasteiger partial charge >= 0.3 is 7.12 Å². The number of imidazole rings is 1. The van der Waals surface area contributed by atoms with E-state index in [4.69, 9.17) is 4.74 Å². The lowest BCUT2D eigenvalue weighted by molar-refractivity contribution is -0.121. The fourth-order valence-electron chi connectivity index (χ4n) is 3.11. The molecule has 0 bridgehead atoms. The third-order valence-electron chi connectivity index (χ3n) is 4.54. The molecule has 1 aromatic heterocycles. The van der Waals surface area contributed by atoms with Gasteiger partial charge in [-0.1, -0.05) is 6.07 Å². The van der Waals surface area contributed by atoms with Crippen LogP contribution in [0.1, 0.15) is 26.5 Å². The molecule has 1 aliphatic heterocycles. The summed E-state index contributed by atoms with van der Waals surface area (Å²) < 4.78 is 7.47. The van der Waals surface area contributed by atoms with Gasteiger partial charge in [0, 0.05) is 37.7 Å². The minimum Gasteiger partial charge on any atom is -0.423 e. The second-order valence-electron chi connectivity index (χ2n) is 6.06. The average molecular weight is 343 g/mol. The zero-order valence-corrected chi connectivity index (χ0v) is 13.9. The summed E-state index contributed by atoms with van der Waals surface area (Å²) in [7, 11) is 1.68. The van der Waals surface area contributed by atoms with E-state index in [9.17, 15) is 19.6 Å². The minimum absolute atomic E-state index is 0.0643. The summed E-state index contributed by atoms with van der Waals surface area (Å²) in [5.74, 6) is 0.482. The first-order valence-electron chi connectivity index (χ1n) is 7.69. The lowest BCUT2D eigenvalue weighted by atomic mass is 9.76. The topological polar surface area (TPSA) is 105 Å². The largest absolute Gasteiger partial charge is 0.489 e. The molecular weight excluding hydrogens is 325 g/mol. The molecule has 1 amide bonds. The number of likely N-dealkylation sites (tertiary alicyclic amines) is 1. The Kier molecular flexibility index (Phi) is 4.46. The van der Waals surface area contributed by atoms with E-state index in [2.05, 4.69) is 4.98 Å². The van der Waals surface area contributed by atoms with Gasteiger partial charge in [0.25, 0.3) is 5.91 Å². The van der Waals surface area contributed by atoms with Gasteiger partial charge in [-0.3, -0.25) is 9.59 Å². The summed E-state index contributed by atoms with van der Waals surface area (Å²) in [6.45, 7) is 0.683. The lowest BCUT2D eigenvalue weighted by Crippen LogP contribution is -2.63. The molecule has 1 fully saturated rings. The highest BCUT2D eigenvalue weighted by molar-refractivity contribution is 6.60. The number of carbonyl (C=O) groups excluding carboxylic acids is 2. The quantitative estimate of drug-likeness (QED) is 0.528. The monoisotopic (exact) mass is 343 g/mol. The normalized spacial score (nSPS) is 15.6. The van der Waals surface area contributed by atoms with Gasteiger partial charge in [0.15, 0.2) is 5.60 Å². The van der Waals surface area contributed by atoms with E-state index in [-0.39, 0.29) is 16.9 Å². The van der Waals surface area contributed by atoms with Crippen molar-refractivity contribution < 1.29 is 24.4 Å². The van der Waals surface area contributed by atoms with E-state index in [0.717, 1.165) is 5.82 Å². The summed E-state index contributed by atoms with van der Waals surface area (Å²) in [6.07, 6.45) is 3.99. The van der Waals surface area contributed by atoms with E-state index in [1.165, 1.54) is 18.2 Å². The number of hydrogen-bond donors (Lipinski definition) is 2. The van der Waals surface area contributed by atoms with Crippen molar-refractivity contribution in [2.24, 2.45) is 7.05 Å². The first-order valence-corrected chi connectivity index (χ1v) is 7.69. The Bertz CT molecular complexity index is 814. The number of aromatic nitrogens is 2. The highest BCUT2D eigenvalue weighted by Crippen LogP contribution is 2.34. The van der Waals surface area contributed by atoms with Crippen LogP contribution in [0.2, 0.25) is 0 Å². The maximum Gasteiger partial charge on any atom is 0.489 e. The molecule has 9 heteroatoms. The fourth-order valence-corrected chi connectivity index (χ4v) is 3.11. The number of benzene rings is 1. The van der Waals surface area contributed by atoms with Crippen LogP contribution in [0.4, 0.5) is 0 Å². The van der Waals surface area contributed by atoms with Crippen LogP contribution < -0.4 is 5.46 Å². The van der Waals surface area contributed by atoms with Crippen molar-refractivity contribution in [2.75, 3.05) is 20.2 Å². The molecular formula is C16H18BN3O5. The summed E-state index contributed by atoms with van der Waals surface area (Å²) in [6, 6.07) is 4.19. The first-order chi connectivity index (χ1) is 11.9. The average Bonchev–Trinajstić information content (AvgIpc) is 3.00. The van der Waals surface area contributed by atoms with Crippen molar-refractivity contribution in [3.8, 4) is 0 Å². The van der Waals surface area contributed by atoms with Gasteiger partial charge in [-0.15, -0.1) is 0 Å². The van der Waals surface area contributed by atoms with Gasteiger partial charge in [-0.2, -0.15) is 0 Å². The second-order valence-corrected chi connectivity index (χ2v) is 6.06. The molecule has 0 unspecified atom stereocenters. The zero-order valence-electron chi connectivity index (χ0n) is 13.9. The van der Waals surface area contributed by atoms with Gasteiger partial charge in [-0.25, -0.2) is 4.98 Å². The second kappa shape index (κ2) is 6.43. The van der Waals surface area contributed by atoms with E-state index in [1.807, 2.05) is 17.8 Å². The van der Waals surface area contributed by atoms with Crippen molar-refractivity contribution >= 4 is 24.8 Å². The molecule has 1 saturated heterocycles. The Balaban J connectivity index is 1.80. The Morgan fingerprint density at radius 1 is 1.40 bits per heavy atom. The van der Waals surface area contributed by atoms with Crippen molar-refractivity contribution in [3.63, 3.8) is 0 Å². The van der Waals surface area contributed by atoms with Crippen LogP contribution in [0.15, 0.2) is 30.6 Å². The van der Waals surface area contributed by atoms with Gasteiger partial charge in [0.2, 0.25) is 0 Å². The van der Waals surface area contributed by atoms with Gasteiger partial charge < -0.3 is 24.3 Å². The molecule has 2 aromatic rings. The molecule has 3 rings (SSSR count). The minimum atomic E-state index is -1.77. The number of hydrogen-bond acceptors (Lipinski definition) is 6. The van der Waals surface area contributed by atoms with E-state index in [1.54, 1.807) is 18.2 Å². The first kappa shape index (κ1) is 17.3. The third-order valence-corrected chi connectivity index (χ3v) is 4.54. The van der Waals surface area contributed by atoms with Gasteiger partial charge in [0.1, 0.15) is 12.1 Å². The molecule has 0 atom stereocenters. The Morgan fingerprint density at radius 2 is 2.12 bits per heavy atom. The van der Waals surface area contributed by atoms with Crippen LogP contribution in [-0.2, 0) is 17.4 Å². The summed E-state index contributed by atoms with van der Waals surface area (Å²) >= 11 is 0. The van der Waals surface area contributed by atoms with Crippen LogP contribution in [0.5, 0.6) is 0 Å². The van der Waals surface area contributed by atoms with Gasteiger partial charge in [0.05, 0.1) is 13.1 Å². The Labute approximate surface area is 144 Å². The molecule has 2 N–H and O–H groups in total. The van der Waals surface area contributed by atoms with E-state index < -0.39 is 12.7 Å². The summed E-state index contributed by atoms with van der Waals surface area (Å²) in [4.78, 5) is 29.7. The number of nitrogens with zero attached hydrogens (tertiary/aromatic N) is 3. The number of rotatable bonds is 5. The number of aldehydes is 1. The number of carbonyl (C=O) groups is 2. The number of ether oxygens (including phenoxy) is 1. The number of methoxy groups -OCH3 is 1. The van der Waals surface area contributed by atoms with Crippen molar-refractivity contribution in [1.82, 2.24) is 14.5 Å². The van der Waals surface area contributed by atoms with E-state index >= 15 is 0 Å². The fraction of sp³-hybridized carbons (Fsp3) is 0.312.